The lowest BCUT2D eigenvalue weighted by Gasteiger charge is -2.40. The van der Waals surface area contributed by atoms with Crippen LogP contribution in [0.15, 0.2) is 60.8 Å². The molecule has 86 heavy (non-hydrogen) atoms. The summed E-state index contributed by atoms with van der Waals surface area (Å²) in [6.45, 7) is 4.31. The zero-order valence-corrected chi connectivity index (χ0v) is 55.8. The Balaban J connectivity index is 1.91. The Morgan fingerprint density at radius 2 is 0.779 bits per heavy atom. The second-order valence-electron chi connectivity index (χ2n) is 25.3. The first-order chi connectivity index (χ1) is 42.2. The number of allylic oxidation sites excluding steroid dienone is 9. The lowest BCUT2D eigenvalue weighted by molar-refractivity contribution is -0.302. The van der Waals surface area contributed by atoms with Crippen molar-refractivity contribution in [2.24, 2.45) is 0 Å². The number of aliphatic hydroxyl groups is 5. The smallest absolute Gasteiger partial charge is 0.305 e. The monoisotopic (exact) mass is 1210 g/mol. The SMILES string of the molecule is CCCCCC/C=C\C/C=C\CCCCCCCC(=O)OCCCCCCCCCCC/C=C\C/C=C\CCCCCCCCCCCCCCCCCCCC(=O)NC(COC1OC(CO)C(O)C(O)C1O)C(O)/C=C/CCCCCCCCC. The molecule has 0 aromatic heterocycles. The number of unbranched alkanes of at least 4 members (excludes halogenated alkanes) is 42. The van der Waals surface area contributed by atoms with Gasteiger partial charge in [0.2, 0.25) is 5.91 Å². The van der Waals surface area contributed by atoms with Gasteiger partial charge < -0.3 is 45.1 Å². The minimum atomic E-state index is -1.57. The van der Waals surface area contributed by atoms with E-state index in [1.807, 2.05) is 6.08 Å². The summed E-state index contributed by atoms with van der Waals surface area (Å²) in [7, 11) is 0. The Kier molecular flexibility index (Phi) is 60.5. The molecule has 7 unspecified atom stereocenters. The van der Waals surface area contributed by atoms with Crippen LogP contribution in [0.25, 0.3) is 0 Å². The maximum atomic E-state index is 13.0. The van der Waals surface area contributed by atoms with E-state index in [0.29, 0.717) is 19.4 Å². The molecule has 11 nitrogen and oxygen atoms in total. The average molecular weight is 1210 g/mol. The van der Waals surface area contributed by atoms with E-state index in [0.717, 1.165) is 70.6 Å². The molecule has 0 aromatic carbocycles. The van der Waals surface area contributed by atoms with Gasteiger partial charge >= 0.3 is 5.97 Å². The highest BCUT2D eigenvalue weighted by Crippen LogP contribution is 2.23. The molecule has 0 radical (unpaired) electrons. The average Bonchev–Trinajstić information content (AvgIpc) is 3.61. The van der Waals surface area contributed by atoms with Crippen molar-refractivity contribution in [3.8, 4) is 0 Å². The Morgan fingerprint density at radius 3 is 1.19 bits per heavy atom. The van der Waals surface area contributed by atoms with Gasteiger partial charge in [0.25, 0.3) is 0 Å². The van der Waals surface area contributed by atoms with Crippen LogP contribution in [-0.4, -0.2) is 100 Å². The summed E-state index contributed by atoms with van der Waals surface area (Å²) in [5.41, 5.74) is 0. The van der Waals surface area contributed by atoms with Crippen molar-refractivity contribution in [3.63, 3.8) is 0 Å². The summed E-state index contributed by atoms with van der Waals surface area (Å²) < 4.78 is 16.7. The minimum Gasteiger partial charge on any atom is -0.466 e. The quantitative estimate of drug-likeness (QED) is 0.0195. The van der Waals surface area contributed by atoms with Crippen LogP contribution in [0.5, 0.6) is 0 Å². The van der Waals surface area contributed by atoms with Crippen LogP contribution in [-0.2, 0) is 23.8 Å². The van der Waals surface area contributed by atoms with Gasteiger partial charge in [-0.05, 0) is 96.3 Å². The number of amides is 1. The molecule has 1 fully saturated rings. The summed E-state index contributed by atoms with van der Waals surface area (Å²) in [6.07, 6.45) is 75.2. The molecule has 11 heteroatoms. The van der Waals surface area contributed by atoms with Gasteiger partial charge in [0.15, 0.2) is 6.29 Å². The third kappa shape index (κ3) is 52.2. The zero-order valence-electron chi connectivity index (χ0n) is 55.8. The molecular weight excluding hydrogens is 1070 g/mol. The van der Waals surface area contributed by atoms with Crippen LogP contribution >= 0.6 is 0 Å². The molecule has 1 aliphatic heterocycles. The highest BCUT2D eigenvalue weighted by Gasteiger charge is 2.44. The van der Waals surface area contributed by atoms with Crippen molar-refractivity contribution >= 4 is 11.9 Å². The van der Waals surface area contributed by atoms with Gasteiger partial charge in [0.1, 0.15) is 24.4 Å². The molecular formula is C75H137NO10. The lowest BCUT2D eigenvalue weighted by Crippen LogP contribution is -2.60. The Hall–Kier alpha value is -2.64. The molecule has 0 aliphatic carbocycles. The molecule has 7 atom stereocenters. The van der Waals surface area contributed by atoms with E-state index in [-0.39, 0.29) is 18.5 Å². The summed E-state index contributed by atoms with van der Waals surface area (Å²) in [5.74, 6) is -0.188. The fraction of sp³-hybridized carbons (Fsp3) is 0.840. The molecule has 6 N–H and O–H groups in total. The highest BCUT2D eigenvalue weighted by molar-refractivity contribution is 5.76. The molecule has 0 saturated carbocycles. The highest BCUT2D eigenvalue weighted by atomic mass is 16.7. The molecule has 0 spiro atoms. The number of nitrogens with one attached hydrogen (secondary N) is 1. The van der Waals surface area contributed by atoms with Crippen LogP contribution < -0.4 is 5.32 Å². The van der Waals surface area contributed by atoms with Crippen molar-refractivity contribution in [2.75, 3.05) is 19.8 Å². The Bertz CT molecular complexity index is 1610. The van der Waals surface area contributed by atoms with Gasteiger partial charge in [-0.1, -0.05) is 293 Å². The van der Waals surface area contributed by atoms with E-state index in [9.17, 15) is 35.1 Å². The lowest BCUT2D eigenvalue weighted by atomic mass is 9.99. The summed E-state index contributed by atoms with van der Waals surface area (Å²) >= 11 is 0. The standard InChI is InChI=1S/C75H137NO10/c1-3-5-7-9-11-13-14-15-16-37-40-43-47-51-55-59-63-71(80)84-64-60-56-52-48-44-41-38-35-33-31-29-27-25-23-21-19-17-18-20-22-24-26-28-30-32-34-36-39-42-46-50-54-58-62-70(79)76-67(68(78)61-57-53-49-45-12-10-8-6-4-2)66-85-75-74(83)73(82)72(81)69(65-77)86-75/h13-14,16,21,23,27,29,37,57,61,67-69,72-75,77-78,81-83H,3-12,15,17-20,22,24-26,28,30-36,38-56,58-60,62-66H2,1-2H3,(H,76,79)/b14-13-,23-21-,29-27-,37-16-,61-57+. The van der Waals surface area contributed by atoms with Crippen LogP contribution in [0, 0.1) is 0 Å². The number of rotatable bonds is 64. The Morgan fingerprint density at radius 1 is 0.430 bits per heavy atom. The maximum absolute atomic E-state index is 13.0. The van der Waals surface area contributed by atoms with E-state index >= 15 is 0 Å². The maximum Gasteiger partial charge on any atom is 0.305 e. The van der Waals surface area contributed by atoms with Crippen LogP contribution in [0.4, 0.5) is 0 Å². The van der Waals surface area contributed by atoms with Crippen LogP contribution in [0.1, 0.15) is 341 Å². The van der Waals surface area contributed by atoms with Crippen molar-refractivity contribution in [2.45, 2.75) is 384 Å². The fourth-order valence-electron chi connectivity index (χ4n) is 11.3. The van der Waals surface area contributed by atoms with Gasteiger partial charge in [-0.15, -0.1) is 0 Å². The normalized spacial score (nSPS) is 18.2. The van der Waals surface area contributed by atoms with Gasteiger partial charge in [0, 0.05) is 12.8 Å². The first kappa shape index (κ1) is 81.4. The molecule has 0 aromatic rings. The van der Waals surface area contributed by atoms with Crippen molar-refractivity contribution < 1.29 is 49.3 Å². The van der Waals surface area contributed by atoms with Gasteiger partial charge in [-0.2, -0.15) is 0 Å². The first-order valence-corrected chi connectivity index (χ1v) is 36.6. The summed E-state index contributed by atoms with van der Waals surface area (Å²) in [5, 5.41) is 54.3. The van der Waals surface area contributed by atoms with E-state index in [2.05, 4.69) is 67.8 Å². The molecule has 1 saturated heterocycles. The fourth-order valence-corrected chi connectivity index (χ4v) is 11.3. The molecule has 0 bridgehead atoms. The van der Waals surface area contributed by atoms with E-state index in [4.69, 9.17) is 14.2 Å². The van der Waals surface area contributed by atoms with Gasteiger partial charge in [-0.25, -0.2) is 0 Å². The van der Waals surface area contributed by atoms with Gasteiger partial charge in [-0.3, -0.25) is 9.59 Å². The molecule has 1 aliphatic rings. The van der Waals surface area contributed by atoms with Gasteiger partial charge in [0.05, 0.1) is 32.0 Å². The number of ether oxygens (including phenoxy) is 3. The van der Waals surface area contributed by atoms with E-state index in [1.54, 1.807) is 6.08 Å². The number of hydrogen-bond donors (Lipinski definition) is 6. The number of carbonyl (C=O) groups excluding carboxylic acids is 2. The third-order valence-electron chi connectivity index (χ3n) is 17.1. The number of aliphatic hydroxyl groups excluding tert-OH is 5. The number of esters is 1. The first-order valence-electron chi connectivity index (χ1n) is 36.6. The second-order valence-corrected chi connectivity index (χ2v) is 25.3. The largest absolute Gasteiger partial charge is 0.466 e. The molecule has 1 amide bonds. The molecule has 1 heterocycles. The molecule has 502 valence electrons. The van der Waals surface area contributed by atoms with Crippen molar-refractivity contribution in [1.29, 1.82) is 0 Å². The van der Waals surface area contributed by atoms with Crippen LogP contribution in [0.3, 0.4) is 0 Å². The summed E-state index contributed by atoms with van der Waals surface area (Å²) in [6, 6.07) is -0.808. The predicted octanol–water partition coefficient (Wildman–Crippen LogP) is 18.9. The minimum absolute atomic E-state index is 0.00680. The topological polar surface area (TPSA) is 175 Å². The zero-order chi connectivity index (χ0) is 62.3. The van der Waals surface area contributed by atoms with E-state index < -0.39 is 49.5 Å². The Labute approximate surface area is 528 Å². The van der Waals surface area contributed by atoms with E-state index in [1.165, 1.54) is 244 Å². The van der Waals surface area contributed by atoms with Crippen LogP contribution in [0.2, 0.25) is 0 Å². The summed E-state index contributed by atoms with van der Waals surface area (Å²) in [4.78, 5) is 25.1. The third-order valence-corrected chi connectivity index (χ3v) is 17.1. The number of hydrogen-bond acceptors (Lipinski definition) is 10. The number of carbonyl (C=O) groups is 2. The second kappa shape index (κ2) is 63.9. The van der Waals surface area contributed by atoms with Crippen molar-refractivity contribution in [1.82, 2.24) is 5.32 Å². The van der Waals surface area contributed by atoms with Crippen molar-refractivity contribution in [3.05, 3.63) is 60.8 Å². The molecule has 1 rings (SSSR count). The predicted molar refractivity (Wildman–Crippen MR) is 361 cm³/mol.